The molecular weight excluding hydrogens is 881 g/mol. The maximum Gasteiger partial charge on any atom is 0.244 e. The Labute approximate surface area is 420 Å². The fraction of sp³-hybridized carbons (Fsp3) is 0.0769. The maximum atomic E-state index is 9.15. The number of imidazole rings is 1. The highest BCUT2D eigenvalue weighted by atomic mass is 16.5. The Kier molecular flexibility index (Phi) is 8.54. The SMILES string of the molecule is [2H]C([2H])([2H])[n+]1[c-]n(-c2cccc(Oc3ccc4c5ccccc5n(-c5cc(C(C)(C)C)ccn5)c4c3)c2)c2cccc(-c3c(-n4c5ccccc5c5ccccc54)ccc4c5ccccc5n(-c5ccccc5)c34)c21. The van der Waals surface area contributed by atoms with Crippen LogP contribution in [0, 0.1) is 6.33 Å². The van der Waals surface area contributed by atoms with Gasteiger partial charge in [-0.1, -0.05) is 148 Å². The van der Waals surface area contributed by atoms with Gasteiger partial charge in [0.05, 0.1) is 66.6 Å². The van der Waals surface area contributed by atoms with E-state index in [0.717, 1.165) is 93.7 Å². The van der Waals surface area contributed by atoms with Crippen molar-refractivity contribution in [1.82, 2.24) is 23.3 Å². The first-order chi connectivity index (χ1) is 36.5. The van der Waals surface area contributed by atoms with Crippen molar-refractivity contribution in [1.29, 1.82) is 0 Å². The van der Waals surface area contributed by atoms with E-state index in [9.17, 15) is 0 Å². The summed E-state index contributed by atoms with van der Waals surface area (Å²) in [5, 5.41) is 6.62. The zero-order chi connectivity index (χ0) is 50.7. The van der Waals surface area contributed by atoms with E-state index in [1.807, 2.05) is 59.3 Å². The normalized spacial score (nSPS) is 13.0. The van der Waals surface area contributed by atoms with Gasteiger partial charge in [0.25, 0.3) is 0 Å². The molecule has 0 bridgehead atoms. The molecule has 0 saturated carbocycles. The number of ether oxygens (including phenoxy) is 1. The van der Waals surface area contributed by atoms with Crippen LogP contribution >= 0.6 is 0 Å². The van der Waals surface area contributed by atoms with Crippen LogP contribution in [-0.4, -0.2) is 23.3 Å². The van der Waals surface area contributed by atoms with E-state index in [-0.39, 0.29) is 5.41 Å². The number of benzene rings is 9. The lowest BCUT2D eigenvalue weighted by Gasteiger charge is -2.20. The van der Waals surface area contributed by atoms with Crippen LogP contribution in [0.2, 0.25) is 0 Å². The summed E-state index contributed by atoms with van der Waals surface area (Å²) in [4.78, 5) is 4.88. The molecule has 72 heavy (non-hydrogen) atoms. The first-order valence-corrected chi connectivity index (χ1v) is 24.4. The molecule has 0 aliphatic rings. The summed E-state index contributed by atoms with van der Waals surface area (Å²) in [5.41, 5.74) is 12.7. The van der Waals surface area contributed by atoms with Gasteiger partial charge < -0.3 is 23.0 Å². The third kappa shape index (κ3) is 6.37. The third-order valence-electron chi connectivity index (χ3n) is 14.4. The molecule has 7 nitrogen and oxygen atoms in total. The number of pyridine rings is 1. The Hall–Kier alpha value is -9.20. The zero-order valence-electron chi connectivity index (χ0n) is 42.9. The van der Waals surface area contributed by atoms with Crippen LogP contribution in [0.3, 0.4) is 0 Å². The van der Waals surface area contributed by atoms with Crippen molar-refractivity contribution < 1.29 is 13.4 Å². The molecular formula is C65H48N6O. The molecule has 5 heterocycles. The summed E-state index contributed by atoms with van der Waals surface area (Å²) in [6.07, 6.45) is 5.24. The summed E-state index contributed by atoms with van der Waals surface area (Å²) in [7, 11) is 0. The Morgan fingerprint density at radius 1 is 0.486 bits per heavy atom. The molecule has 0 aliphatic heterocycles. The van der Waals surface area contributed by atoms with E-state index >= 15 is 0 Å². The van der Waals surface area contributed by atoms with Gasteiger partial charge in [0.2, 0.25) is 6.33 Å². The number of fused-ring (bicyclic) bond motifs is 10. The lowest BCUT2D eigenvalue weighted by molar-refractivity contribution is -0.649. The first kappa shape index (κ1) is 38.6. The number of aromatic nitrogens is 6. The number of aryl methyl sites for hydroxylation is 1. The van der Waals surface area contributed by atoms with E-state index < -0.39 is 6.98 Å². The third-order valence-corrected chi connectivity index (χ3v) is 14.4. The van der Waals surface area contributed by atoms with Crippen molar-refractivity contribution in [3.05, 3.63) is 230 Å². The highest BCUT2D eigenvalue weighted by molar-refractivity contribution is 6.18. The number of hydrogen-bond donors (Lipinski definition) is 0. The Bertz CT molecular complexity index is 4550. The highest BCUT2D eigenvalue weighted by Gasteiger charge is 2.25. The summed E-state index contributed by atoms with van der Waals surface area (Å²) >= 11 is 0. The molecule has 0 fully saturated rings. The maximum absolute atomic E-state index is 9.15. The van der Waals surface area contributed by atoms with Crippen molar-refractivity contribution in [2.24, 2.45) is 6.98 Å². The molecule has 0 N–H and O–H groups in total. The van der Waals surface area contributed by atoms with Crippen LogP contribution in [0.4, 0.5) is 0 Å². The smallest absolute Gasteiger partial charge is 0.244 e. The van der Waals surface area contributed by atoms with Crippen LogP contribution in [0.25, 0.3) is 110 Å². The molecule has 9 aromatic carbocycles. The summed E-state index contributed by atoms with van der Waals surface area (Å²) in [5.74, 6) is 2.07. The van der Waals surface area contributed by atoms with Gasteiger partial charge in [0.1, 0.15) is 17.3 Å². The molecule has 0 unspecified atom stereocenters. The number of para-hydroxylation sites is 6. The monoisotopic (exact) mass is 931 g/mol. The van der Waals surface area contributed by atoms with Crippen molar-refractivity contribution in [2.45, 2.75) is 26.2 Å². The highest BCUT2D eigenvalue weighted by Crippen LogP contribution is 2.46. The first-order valence-electron chi connectivity index (χ1n) is 25.9. The molecule has 0 spiro atoms. The summed E-state index contributed by atoms with van der Waals surface area (Å²) < 4.78 is 44.3. The minimum atomic E-state index is -2.62. The minimum absolute atomic E-state index is 0.0589. The fourth-order valence-corrected chi connectivity index (χ4v) is 11.2. The molecule has 0 aliphatic carbocycles. The molecule has 0 saturated heterocycles. The lowest BCUT2D eigenvalue weighted by Crippen LogP contribution is -2.26. The molecule has 0 amide bonds. The second kappa shape index (κ2) is 15.9. The lowest BCUT2D eigenvalue weighted by atomic mass is 9.88. The van der Waals surface area contributed by atoms with Gasteiger partial charge in [-0.15, -0.1) is 0 Å². The van der Waals surface area contributed by atoms with Gasteiger partial charge in [-0.05, 0) is 95.4 Å². The van der Waals surface area contributed by atoms with Crippen molar-refractivity contribution >= 4 is 76.5 Å². The van der Waals surface area contributed by atoms with Gasteiger partial charge in [-0.3, -0.25) is 4.57 Å². The van der Waals surface area contributed by atoms with Crippen molar-refractivity contribution in [3.63, 3.8) is 0 Å². The van der Waals surface area contributed by atoms with Crippen LogP contribution in [0.15, 0.2) is 219 Å². The largest absolute Gasteiger partial charge is 0.458 e. The number of nitrogens with zero attached hydrogens (tertiary/aromatic N) is 6. The van der Waals surface area contributed by atoms with Crippen LogP contribution in [-0.2, 0) is 12.4 Å². The van der Waals surface area contributed by atoms with Gasteiger partial charge in [0.15, 0.2) is 0 Å². The minimum Gasteiger partial charge on any atom is -0.458 e. The van der Waals surface area contributed by atoms with E-state index in [2.05, 4.69) is 205 Å². The predicted octanol–water partition coefficient (Wildman–Crippen LogP) is 15.7. The molecule has 14 aromatic rings. The molecule has 7 heteroatoms. The molecule has 14 rings (SSSR count). The fourth-order valence-electron chi connectivity index (χ4n) is 11.2. The molecule has 5 aromatic heterocycles. The predicted molar refractivity (Wildman–Crippen MR) is 295 cm³/mol. The summed E-state index contributed by atoms with van der Waals surface area (Å²) in [6, 6.07) is 73.0. The van der Waals surface area contributed by atoms with Crippen LogP contribution in [0.5, 0.6) is 11.5 Å². The van der Waals surface area contributed by atoms with Gasteiger partial charge in [-0.25, -0.2) is 4.98 Å². The van der Waals surface area contributed by atoms with Gasteiger partial charge >= 0.3 is 0 Å². The number of hydrogen-bond acceptors (Lipinski definition) is 2. The Morgan fingerprint density at radius 3 is 1.75 bits per heavy atom. The second-order valence-electron chi connectivity index (χ2n) is 19.6. The standard InChI is InChI=1S/C65H48N6O/c1-65(2,3)42-36-37-66-61(38-42)71-57-30-15-10-24-49(57)51-33-32-46(40-60(51)71)72-45-21-16-20-44(39-45)68-41-67(4)63-53(26-17-31-59(63)68)62-58(70-55-28-13-8-22-47(55)48-23-9-14-29-56(48)70)35-34-52-50-25-11-12-27-54(50)69(64(52)62)43-18-6-5-7-19-43/h5-40H,1-4H3/i4D3. The zero-order valence-corrected chi connectivity index (χ0v) is 39.9. The van der Waals surface area contributed by atoms with E-state index in [0.29, 0.717) is 28.2 Å². The second-order valence-corrected chi connectivity index (χ2v) is 19.6. The summed E-state index contributed by atoms with van der Waals surface area (Å²) in [6.45, 7) is 4.02. The van der Waals surface area contributed by atoms with E-state index in [1.54, 1.807) is 0 Å². The van der Waals surface area contributed by atoms with Gasteiger partial charge in [-0.2, -0.15) is 0 Å². The number of rotatable bonds is 7. The van der Waals surface area contributed by atoms with E-state index in [1.165, 1.54) is 10.1 Å². The average Bonchev–Trinajstić information content (AvgIpc) is 4.24. The molecule has 344 valence electrons. The average molecular weight is 932 g/mol. The quantitative estimate of drug-likeness (QED) is 0.118. The Morgan fingerprint density at radius 2 is 1.06 bits per heavy atom. The molecule has 0 atom stereocenters. The Balaban J connectivity index is 0.981. The van der Waals surface area contributed by atoms with Crippen LogP contribution in [0.1, 0.15) is 30.4 Å². The van der Waals surface area contributed by atoms with Crippen LogP contribution < -0.4 is 9.30 Å². The van der Waals surface area contributed by atoms with E-state index in [4.69, 9.17) is 13.8 Å². The van der Waals surface area contributed by atoms with Crippen molar-refractivity contribution in [3.8, 4) is 45.5 Å². The molecule has 0 radical (unpaired) electrons. The van der Waals surface area contributed by atoms with Gasteiger partial charge in [0, 0.05) is 55.8 Å². The topological polar surface area (TPSA) is 45.7 Å². The van der Waals surface area contributed by atoms with Crippen molar-refractivity contribution in [2.75, 3.05) is 0 Å².